The SMILES string of the molecule is Nc1ncnc2c1c(Oc1cc(C(F)(F)F)ccn1)nn2C1CCCC(F)(F)C1O. The van der Waals surface area contributed by atoms with E-state index in [1.807, 2.05) is 0 Å². The Bertz CT molecular complexity index is 1090. The molecule has 1 saturated carbocycles. The molecule has 0 radical (unpaired) electrons. The summed E-state index contributed by atoms with van der Waals surface area (Å²) in [6, 6.07) is 0.285. The molecule has 1 aliphatic rings. The van der Waals surface area contributed by atoms with Crippen LogP contribution in [0, 0.1) is 0 Å². The van der Waals surface area contributed by atoms with Crippen molar-refractivity contribution in [2.24, 2.45) is 0 Å². The van der Waals surface area contributed by atoms with E-state index < -0.39 is 42.1 Å². The van der Waals surface area contributed by atoms with Crippen LogP contribution < -0.4 is 10.5 Å². The van der Waals surface area contributed by atoms with Gasteiger partial charge >= 0.3 is 6.18 Å². The molecule has 0 aromatic carbocycles. The second kappa shape index (κ2) is 7.00. The number of rotatable bonds is 3. The summed E-state index contributed by atoms with van der Waals surface area (Å²) in [6.07, 6.45) is -4.84. The van der Waals surface area contributed by atoms with Crippen molar-refractivity contribution in [2.45, 2.75) is 43.5 Å². The van der Waals surface area contributed by atoms with Gasteiger partial charge in [0.1, 0.15) is 23.6 Å². The summed E-state index contributed by atoms with van der Waals surface area (Å²) in [5, 5.41) is 14.2. The van der Waals surface area contributed by atoms with Gasteiger partial charge in [-0.25, -0.2) is 28.4 Å². The zero-order valence-electron chi connectivity index (χ0n) is 15.1. The molecule has 2 atom stereocenters. The number of nitrogens with two attached hydrogens (primary N) is 1. The van der Waals surface area contributed by atoms with Gasteiger partial charge in [0.25, 0.3) is 11.8 Å². The third kappa shape index (κ3) is 3.49. The van der Waals surface area contributed by atoms with Crippen molar-refractivity contribution in [3.8, 4) is 11.8 Å². The fraction of sp³-hybridized carbons (Fsp3) is 0.412. The molecule has 0 aliphatic heterocycles. The number of halogens is 5. The molecule has 30 heavy (non-hydrogen) atoms. The normalized spacial score (nSPS) is 21.7. The predicted molar refractivity (Wildman–Crippen MR) is 92.9 cm³/mol. The van der Waals surface area contributed by atoms with E-state index in [1.54, 1.807) is 0 Å². The molecule has 0 saturated heterocycles. The quantitative estimate of drug-likeness (QED) is 0.613. The molecule has 8 nitrogen and oxygen atoms in total. The Hall–Kier alpha value is -3.09. The Morgan fingerprint density at radius 3 is 2.73 bits per heavy atom. The van der Waals surface area contributed by atoms with Crippen molar-refractivity contribution >= 4 is 16.9 Å². The van der Waals surface area contributed by atoms with Crippen LogP contribution in [-0.2, 0) is 6.18 Å². The summed E-state index contributed by atoms with van der Waals surface area (Å²) < 4.78 is 73.3. The fourth-order valence-electron chi connectivity index (χ4n) is 3.40. The molecule has 13 heteroatoms. The minimum atomic E-state index is -4.62. The number of nitrogens with zero attached hydrogens (tertiary/aromatic N) is 5. The Morgan fingerprint density at radius 2 is 2.00 bits per heavy atom. The number of aliphatic hydroxyl groups is 1. The first-order valence-corrected chi connectivity index (χ1v) is 8.83. The smallest absolute Gasteiger partial charge is 0.416 e. The summed E-state index contributed by atoms with van der Waals surface area (Å²) in [4.78, 5) is 11.5. The third-order valence-electron chi connectivity index (χ3n) is 4.87. The van der Waals surface area contributed by atoms with Crippen LogP contribution in [0.15, 0.2) is 24.7 Å². The van der Waals surface area contributed by atoms with Crippen molar-refractivity contribution in [1.82, 2.24) is 24.7 Å². The van der Waals surface area contributed by atoms with E-state index in [0.29, 0.717) is 6.07 Å². The number of fused-ring (bicyclic) bond motifs is 1. The highest BCUT2D eigenvalue weighted by atomic mass is 19.4. The molecule has 2 unspecified atom stereocenters. The highest BCUT2D eigenvalue weighted by Gasteiger charge is 2.48. The van der Waals surface area contributed by atoms with E-state index in [-0.39, 0.29) is 35.6 Å². The maximum atomic E-state index is 14.0. The zero-order chi connectivity index (χ0) is 21.7. The minimum absolute atomic E-state index is 0.00576. The number of aliphatic hydroxyl groups excluding tert-OH is 1. The molecule has 0 spiro atoms. The molecule has 0 amide bonds. The Kier molecular flexibility index (Phi) is 4.71. The molecule has 1 fully saturated rings. The number of pyridine rings is 1. The van der Waals surface area contributed by atoms with Crippen LogP contribution in [0.4, 0.5) is 27.8 Å². The van der Waals surface area contributed by atoms with Crippen molar-refractivity contribution in [2.75, 3.05) is 5.73 Å². The third-order valence-corrected chi connectivity index (χ3v) is 4.87. The monoisotopic (exact) mass is 430 g/mol. The second-order valence-electron chi connectivity index (χ2n) is 6.86. The molecule has 3 aromatic heterocycles. The van der Waals surface area contributed by atoms with Crippen LogP contribution in [-0.4, -0.2) is 41.9 Å². The molecule has 0 bridgehead atoms. The highest BCUT2D eigenvalue weighted by molar-refractivity contribution is 5.90. The van der Waals surface area contributed by atoms with Crippen molar-refractivity contribution in [1.29, 1.82) is 0 Å². The average Bonchev–Trinajstić information content (AvgIpc) is 3.03. The molecule has 4 rings (SSSR count). The van der Waals surface area contributed by atoms with Crippen molar-refractivity contribution in [3.63, 3.8) is 0 Å². The number of ether oxygens (including phenoxy) is 1. The van der Waals surface area contributed by atoms with Crippen LogP contribution in [0.25, 0.3) is 11.0 Å². The topological polar surface area (TPSA) is 112 Å². The van der Waals surface area contributed by atoms with Crippen molar-refractivity contribution < 1.29 is 31.8 Å². The maximum absolute atomic E-state index is 14.0. The highest BCUT2D eigenvalue weighted by Crippen LogP contribution is 2.42. The van der Waals surface area contributed by atoms with Gasteiger partial charge in [0.15, 0.2) is 5.65 Å². The van der Waals surface area contributed by atoms with Crippen LogP contribution in [0.1, 0.15) is 30.9 Å². The van der Waals surface area contributed by atoms with Gasteiger partial charge in [-0.05, 0) is 18.9 Å². The number of hydrogen-bond acceptors (Lipinski definition) is 7. The van der Waals surface area contributed by atoms with Gasteiger partial charge in [0.2, 0.25) is 5.88 Å². The summed E-state index contributed by atoms with van der Waals surface area (Å²) in [6.45, 7) is 0. The first-order chi connectivity index (χ1) is 14.1. The van der Waals surface area contributed by atoms with E-state index in [2.05, 4.69) is 20.1 Å². The van der Waals surface area contributed by atoms with Crippen molar-refractivity contribution in [3.05, 3.63) is 30.2 Å². The van der Waals surface area contributed by atoms with Gasteiger partial charge in [-0.1, -0.05) is 0 Å². The van der Waals surface area contributed by atoms with E-state index >= 15 is 0 Å². The predicted octanol–water partition coefficient (Wildman–Crippen LogP) is 3.34. The molecule has 3 heterocycles. The van der Waals surface area contributed by atoms with Gasteiger partial charge < -0.3 is 15.6 Å². The standard InChI is InChI=1S/C17H15F5N6O2/c18-16(19)4-1-2-9(12(16)29)28-14-11(13(23)25-7-26-14)15(27-28)30-10-6-8(3-5-24-10)17(20,21)22/h3,5-7,9,12,29H,1-2,4H2,(H2,23,25,26). The lowest BCUT2D eigenvalue weighted by atomic mass is 9.89. The molecule has 1 aliphatic carbocycles. The van der Waals surface area contributed by atoms with Gasteiger partial charge in [-0.3, -0.25) is 0 Å². The summed E-state index contributed by atoms with van der Waals surface area (Å²) in [7, 11) is 0. The summed E-state index contributed by atoms with van der Waals surface area (Å²) >= 11 is 0. The Labute approximate surface area is 165 Å². The number of anilines is 1. The zero-order valence-corrected chi connectivity index (χ0v) is 15.1. The lowest BCUT2D eigenvalue weighted by Crippen LogP contribution is -2.44. The first kappa shape index (κ1) is 20.2. The summed E-state index contributed by atoms with van der Waals surface area (Å²) in [5.74, 6) is -4.20. The molecular formula is C17H15F5N6O2. The lowest BCUT2D eigenvalue weighted by molar-refractivity contribution is -0.152. The average molecular weight is 430 g/mol. The molecule has 3 aromatic rings. The van der Waals surface area contributed by atoms with Gasteiger partial charge in [0, 0.05) is 18.7 Å². The maximum Gasteiger partial charge on any atom is 0.416 e. The largest absolute Gasteiger partial charge is 0.418 e. The minimum Gasteiger partial charge on any atom is -0.418 e. The molecular weight excluding hydrogens is 415 g/mol. The van der Waals surface area contributed by atoms with E-state index in [9.17, 15) is 27.1 Å². The lowest BCUT2D eigenvalue weighted by Gasteiger charge is -2.34. The van der Waals surface area contributed by atoms with E-state index in [1.165, 1.54) is 0 Å². The number of hydrogen-bond donors (Lipinski definition) is 2. The fourth-order valence-corrected chi connectivity index (χ4v) is 3.40. The number of alkyl halides is 5. The van der Waals surface area contributed by atoms with Crippen LogP contribution in [0.3, 0.4) is 0 Å². The van der Waals surface area contributed by atoms with Crippen LogP contribution in [0.5, 0.6) is 11.8 Å². The number of aromatic nitrogens is 5. The number of nitrogen functional groups attached to an aromatic ring is 1. The molecule has 3 N–H and O–H groups in total. The Morgan fingerprint density at radius 1 is 1.23 bits per heavy atom. The Balaban J connectivity index is 1.79. The van der Waals surface area contributed by atoms with Gasteiger partial charge in [-0.2, -0.15) is 13.2 Å². The van der Waals surface area contributed by atoms with Crippen LogP contribution >= 0.6 is 0 Å². The van der Waals surface area contributed by atoms with Gasteiger partial charge in [0.05, 0.1) is 11.6 Å². The van der Waals surface area contributed by atoms with E-state index in [4.69, 9.17) is 10.5 Å². The van der Waals surface area contributed by atoms with Gasteiger partial charge in [-0.15, -0.1) is 5.10 Å². The van der Waals surface area contributed by atoms with E-state index in [0.717, 1.165) is 23.3 Å². The first-order valence-electron chi connectivity index (χ1n) is 8.83. The second-order valence-corrected chi connectivity index (χ2v) is 6.86. The van der Waals surface area contributed by atoms with Crippen LogP contribution in [0.2, 0.25) is 0 Å². The summed E-state index contributed by atoms with van der Waals surface area (Å²) in [5.41, 5.74) is 4.85. The molecule has 160 valence electrons.